The maximum atomic E-state index is 14.3. The summed E-state index contributed by atoms with van der Waals surface area (Å²) in [4.78, 5) is 44.4. The van der Waals surface area contributed by atoms with E-state index in [0.29, 0.717) is 15.5 Å². The van der Waals surface area contributed by atoms with Crippen molar-refractivity contribution in [1.29, 1.82) is 0 Å². The van der Waals surface area contributed by atoms with E-state index in [1.54, 1.807) is 48.3 Å². The number of hydrogen-bond donors (Lipinski definition) is 1. The molecule has 1 aliphatic rings. The van der Waals surface area contributed by atoms with Crippen LogP contribution in [0.15, 0.2) is 101 Å². The van der Waals surface area contributed by atoms with Crippen LogP contribution in [0.4, 0.5) is 0 Å². The Morgan fingerprint density at radius 2 is 1.63 bits per heavy atom. The molecular formula is C30H24BrClN2O3S. The minimum atomic E-state index is -0.938. The van der Waals surface area contributed by atoms with Gasteiger partial charge in [-0.1, -0.05) is 82.1 Å². The first-order chi connectivity index (χ1) is 18.4. The molecule has 4 unspecified atom stereocenters. The van der Waals surface area contributed by atoms with Crippen molar-refractivity contribution in [2.45, 2.75) is 18.0 Å². The van der Waals surface area contributed by atoms with Crippen LogP contribution in [0.3, 0.4) is 0 Å². The van der Waals surface area contributed by atoms with Gasteiger partial charge in [-0.05, 0) is 52.9 Å². The van der Waals surface area contributed by atoms with Crippen LogP contribution in [0.1, 0.15) is 43.1 Å². The van der Waals surface area contributed by atoms with Crippen molar-refractivity contribution in [3.05, 3.63) is 127 Å². The summed E-state index contributed by atoms with van der Waals surface area (Å²) in [6.07, 6.45) is 0. The molecule has 4 atom stereocenters. The molecule has 38 heavy (non-hydrogen) atoms. The average molecular weight is 608 g/mol. The molecule has 5 nitrogen and oxygen atoms in total. The van der Waals surface area contributed by atoms with E-state index in [1.807, 2.05) is 60.0 Å². The van der Waals surface area contributed by atoms with Crippen molar-refractivity contribution >= 4 is 56.5 Å². The Morgan fingerprint density at radius 3 is 2.26 bits per heavy atom. The Labute approximate surface area is 238 Å². The highest BCUT2D eigenvalue weighted by molar-refractivity contribution is 9.10. The van der Waals surface area contributed by atoms with Crippen molar-refractivity contribution in [3.63, 3.8) is 0 Å². The summed E-state index contributed by atoms with van der Waals surface area (Å²) in [6.45, 7) is 0. The summed E-state index contributed by atoms with van der Waals surface area (Å²) in [5.74, 6) is -2.09. The number of Topliss-reactive ketones (excluding diaryl/α,β-unsaturated/α-hetero) is 1. The fourth-order valence-corrected chi connectivity index (χ4v) is 6.59. The number of nitrogens with one attached hydrogen (secondary N) is 1. The summed E-state index contributed by atoms with van der Waals surface area (Å²) in [6, 6.07) is 25.7. The highest BCUT2D eigenvalue weighted by Crippen LogP contribution is 2.52. The van der Waals surface area contributed by atoms with Gasteiger partial charge in [0, 0.05) is 28.0 Å². The van der Waals surface area contributed by atoms with Crippen LogP contribution in [0.5, 0.6) is 0 Å². The number of halogens is 2. The Morgan fingerprint density at radius 1 is 0.895 bits per heavy atom. The van der Waals surface area contributed by atoms with E-state index >= 15 is 0 Å². The minimum absolute atomic E-state index is 0.104. The number of hydrogen-bond acceptors (Lipinski definition) is 4. The molecule has 0 bridgehead atoms. The van der Waals surface area contributed by atoms with Crippen LogP contribution in [-0.2, 0) is 4.79 Å². The van der Waals surface area contributed by atoms with E-state index in [-0.39, 0.29) is 17.6 Å². The zero-order chi connectivity index (χ0) is 26.8. The van der Waals surface area contributed by atoms with Crippen molar-refractivity contribution in [2.24, 2.45) is 5.92 Å². The molecule has 1 N–H and O–H groups in total. The fraction of sp³-hybridized carbons (Fsp3) is 0.167. The number of carbonyl (C=O) groups is 3. The molecule has 8 heteroatoms. The van der Waals surface area contributed by atoms with Gasteiger partial charge in [-0.3, -0.25) is 14.4 Å². The number of carbonyl (C=O) groups excluding carboxylic acids is 3. The molecule has 1 aliphatic heterocycles. The third-order valence-corrected chi connectivity index (χ3v) is 8.58. The SMILES string of the molecule is CNC(=O)C1C(c2ccc(Cl)cc2)C(C(=O)c2cccs2)C(c2ccccc2)N1C(=O)c1cccc(Br)c1. The van der Waals surface area contributed by atoms with Gasteiger partial charge in [-0.25, -0.2) is 0 Å². The molecular weight excluding hydrogens is 584 g/mol. The number of amides is 2. The lowest BCUT2D eigenvalue weighted by atomic mass is 9.77. The second-order valence-corrected chi connectivity index (χ2v) is 11.4. The van der Waals surface area contributed by atoms with Crippen molar-refractivity contribution < 1.29 is 14.4 Å². The lowest BCUT2D eigenvalue weighted by Gasteiger charge is -2.31. The predicted molar refractivity (Wildman–Crippen MR) is 154 cm³/mol. The molecule has 0 saturated carbocycles. The number of thiophene rings is 1. The van der Waals surface area contributed by atoms with Gasteiger partial charge in [0.2, 0.25) is 5.91 Å². The Kier molecular flexibility index (Phi) is 7.79. The van der Waals surface area contributed by atoms with Crippen molar-refractivity contribution in [1.82, 2.24) is 10.2 Å². The number of rotatable bonds is 6. The second-order valence-electron chi connectivity index (χ2n) is 9.08. The normalized spacial score (nSPS) is 20.8. The number of likely N-dealkylation sites (tertiary alicyclic amines) is 1. The average Bonchev–Trinajstić information content (AvgIpc) is 3.60. The van der Waals surface area contributed by atoms with Crippen LogP contribution >= 0.6 is 38.9 Å². The third-order valence-electron chi connectivity index (χ3n) is 6.95. The quantitative estimate of drug-likeness (QED) is 0.246. The van der Waals surface area contributed by atoms with E-state index < -0.39 is 23.9 Å². The molecule has 4 aromatic rings. The molecule has 192 valence electrons. The smallest absolute Gasteiger partial charge is 0.255 e. The van der Waals surface area contributed by atoms with Crippen LogP contribution in [0, 0.1) is 5.92 Å². The Hall–Kier alpha value is -3.26. The second kappa shape index (κ2) is 11.2. The highest BCUT2D eigenvalue weighted by atomic mass is 79.9. The van der Waals surface area contributed by atoms with Crippen LogP contribution in [0.2, 0.25) is 5.02 Å². The van der Waals surface area contributed by atoms with E-state index in [4.69, 9.17) is 11.6 Å². The first kappa shape index (κ1) is 26.4. The highest BCUT2D eigenvalue weighted by Gasteiger charge is 2.57. The third kappa shape index (κ3) is 4.94. The van der Waals surface area contributed by atoms with Gasteiger partial charge >= 0.3 is 0 Å². The first-order valence-electron chi connectivity index (χ1n) is 12.1. The molecule has 2 heterocycles. The first-order valence-corrected chi connectivity index (χ1v) is 14.1. The van der Waals surface area contributed by atoms with Gasteiger partial charge in [0.15, 0.2) is 5.78 Å². The van der Waals surface area contributed by atoms with Gasteiger partial charge in [0.25, 0.3) is 5.91 Å². The molecule has 2 amide bonds. The maximum Gasteiger partial charge on any atom is 0.255 e. The zero-order valence-corrected chi connectivity index (χ0v) is 23.5. The Bertz CT molecular complexity index is 1460. The molecule has 3 aromatic carbocycles. The lowest BCUT2D eigenvalue weighted by Crippen LogP contribution is -2.47. The van der Waals surface area contributed by atoms with E-state index in [1.165, 1.54) is 11.3 Å². The lowest BCUT2D eigenvalue weighted by molar-refractivity contribution is -0.125. The predicted octanol–water partition coefficient (Wildman–Crippen LogP) is 6.76. The monoisotopic (exact) mass is 606 g/mol. The van der Waals surface area contributed by atoms with Crippen molar-refractivity contribution in [3.8, 4) is 0 Å². The van der Waals surface area contributed by atoms with E-state index in [2.05, 4.69) is 21.2 Å². The standard InChI is InChI=1S/C30H24BrClN2O3S/c1-33-29(36)27-24(18-12-14-22(32)15-13-18)25(28(35)23-11-6-16-38-23)26(19-7-3-2-4-8-19)34(27)30(37)20-9-5-10-21(31)17-20/h2-17,24-27H,1H3,(H,33,36). The molecule has 0 radical (unpaired) electrons. The zero-order valence-electron chi connectivity index (χ0n) is 20.4. The number of benzene rings is 3. The van der Waals surface area contributed by atoms with Gasteiger partial charge in [0.1, 0.15) is 6.04 Å². The summed E-state index contributed by atoms with van der Waals surface area (Å²) in [7, 11) is 1.55. The Balaban J connectivity index is 1.78. The summed E-state index contributed by atoms with van der Waals surface area (Å²) >= 11 is 11.0. The molecule has 0 spiro atoms. The molecule has 1 fully saturated rings. The van der Waals surface area contributed by atoms with Gasteiger partial charge < -0.3 is 10.2 Å². The fourth-order valence-electron chi connectivity index (χ4n) is 5.35. The molecule has 1 saturated heterocycles. The molecule has 0 aliphatic carbocycles. The number of ketones is 1. The summed E-state index contributed by atoms with van der Waals surface area (Å²) < 4.78 is 0.746. The number of nitrogens with zero attached hydrogens (tertiary/aromatic N) is 1. The van der Waals surface area contributed by atoms with Crippen LogP contribution in [0.25, 0.3) is 0 Å². The van der Waals surface area contributed by atoms with Crippen molar-refractivity contribution in [2.75, 3.05) is 7.05 Å². The minimum Gasteiger partial charge on any atom is -0.357 e. The largest absolute Gasteiger partial charge is 0.357 e. The van der Waals surface area contributed by atoms with E-state index in [0.717, 1.165) is 15.6 Å². The molecule has 1 aromatic heterocycles. The van der Waals surface area contributed by atoms with Crippen LogP contribution in [-0.4, -0.2) is 35.6 Å². The van der Waals surface area contributed by atoms with Crippen LogP contribution < -0.4 is 5.32 Å². The topological polar surface area (TPSA) is 66.5 Å². The van der Waals surface area contributed by atoms with Gasteiger partial charge in [0.05, 0.1) is 16.8 Å². The summed E-state index contributed by atoms with van der Waals surface area (Å²) in [5.41, 5.74) is 1.98. The van der Waals surface area contributed by atoms with E-state index in [9.17, 15) is 14.4 Å². The van der Waals surface area contributed by atoms with Gasteiger partial charge in [-0.15, -0.1) is 11.3 Å². The maximum absolute atomic E-state index is 14.3. The number of likely N-dealkylation sites (N-methyl/N-ethyl adjacent to an activating group) is 1. The van der Waals surface area contributed by atoms with Gasteiger partial charge in [-0.2, -0.15) is 0 Å². The summed E-state index contributed by atoms with van der Waals surface area (Å²) in [5, 5.41) is 5.16. The molecule has 5 rings (SSSR count).